The minimum atomic E-state index is 0.0491. The van der Waals surface area contributed by atoms with E-state index in [9.17, 15) is 4.79 Å². The van der Waals surface area contributed by atoms with Crippen LogP contribution in [0.1, 0.15) is 47.2 Å². The molecule has 0 N–H and O–H groups in total. The van der Waals surface area contributed by atoms with Gasteiger partial charge in [-0.2, -0.15) is 0 Å². The number of benzene rings is 2. The van der Waals surface area contributed by atoms with Crippen LogP contribution in [-0.2, 0) is 0 Å². The van der Waals surface area contributed by atoms with Gasteiger partial charge in [-0.3, -0.25) is 4.79 Å². The average molecular weight is 288 g/mol. The summed E-state index contributed by atoms with van der Waals surface area (Å²) >= 11 is 0. The quantitative estimate of drug-likeness (QED) is 0.533. The second-order valence-electron chi connectivity index (χ2n) is 5.63. The fourth-order valence-electron chi connectivity index (χ4n) is 2.88. The number of allylic oxidation sites excluding steroid dienone is 3. The zero-order valence-electron chi connectivity index (χ0n) is 12.7. The lowest BCUT2D eigenvalue weighted by atomic mass is 9.90. The van der Waals surface area contributed by atoms with Gasteiger partial charge in [0, 0.05) is 5.56 Å². The largest absolute Gasteiger partial charge is 0.289 e. The van der Waals surface area contributed by atoms with E-state index in [1.165, 1.54) is 24.0 Å². The van der Waals surface area contributed by atoms with Gasteiger partial charge in [0.15, 0.2) is 5.78 Å². The SMILES string of the molecule is O=C(C=Cc1ccccc1C1=CCCCC1)c1ccccc1. The lowest BCUT2D eigenvalue weighted by Crippen LogP contribution is -1.96. The molecular formula is C21H20O. The highest BCUT2D eigenvalue weighted by Gasteiger charge is 2.09. The predicted octanol–water partition coefficient (Wildman–Crippen LogP) is 5.54. The Hall–Kier alpha value is -2.41. The van der Waals surface area contributed by atoms with Gasteiger partial charge in [-0.05, 0) is 48.5 Å². The van der Waals surface area contributed by atoms with Gasteiger partial charge >= 0.3 is 0 Å². The number of hydrogen-bond acceptors (Lipinski definition) is 1. The molecule has 110 valence electrons. The Balaban J connectivity index is 1.85. The van der Waals surface area contributed by atoms with Crippen LogP contribution < -0.4 is 0 Å². The smallest absolute Gasteiger partial charge is 0.185 e. The fourth-order valence-corrected chi connectivity index (χ4v) is 2.88. The normalized spacial score (nSPS) is 14.8. The molecule has 0 saturated carbocycles. The predicted molar refractivity (Wildman–Crippen MR) is 92.7 cm³/mol. The van der Waals surface area contributed by atoms with E-state index in [-0.39, 0.29) is 5.78 Å². The molecule has 1 aliphatic rings. The van der Waals surface area contributed by atoms with Crippen molar-refractivity contribution >= 4 is 17.4 Å². The highest BCUT2D eigenvalue weighted by Crippen LogP contribution is 2.29. The Morgan fingerprint density at radius 3 is 2.45 bits per heavy atom. The van der Waals surface area contributed by atoms with Gasteiger partial charge in [-0.15, -0.1) is 0 Å². The van der Waals surface area contributed by atoms with Gasteiger partial charge in [0.1, 0.15) is 0 Å². The van der Waals surface area contributed by atoms with Crippen LogP contribution in [0.4, 0.5) is 0 Å². The first-order chi connectivity index (χ1) is 10.8. The van der Waals surface area contributed by atoms with Gasteiger partial charge in [0.05, 0.1) is 0 Å². The van der Waals surface area contributed by atoms with E-state index in [0.717, 1.165) is 24.0 Å². The van der Waals surface area contributed by atoms with Gasteiger partial charge in [0.2, 0.25) is 0 Å². The van der Waals surface area contributed by atoms with E-state index in [1.54, 1.807) is 6.08 Å². The molecule has 3 rings (SSSR count). The topological polar surface area (TPSA) is 17.1 Å². The summed E-state index contributed by atoms with van der Waals surface area (Å²) in [7, 11) is 0. The lowest BCUT2D eigenvalue weighted by Gasteiger charge is -2.15. The molecule has 0 aliphatic heterocycles. The molecule has 2 aromatic carbocycles. The third-order valence-corrected chi connectivity index (χ3v) is 4.07. The molecule has 1 aliphatic carbocycles. The van der Waals surface area contributed by atoms with Crippen LogP contribution in [0, 0.1) is 0 Å². The first-order valence-corrected chi connectivity index (χ1v) is 7.90. The average Bonchev–Trinajstić information content (AvgIpc) is 2.61. The molecule has 0 atom stereocenters. The van der Waals surface area contributed by atoms with Crippen molar-refractivity contribution < 1.29 is 4.79 Å². The van der Waals surface area contributed by atoms with Crippen molar-refractivity contribution in [2.45, 2.75) is 25.7 Å². The molecule has 0 fully saturated rings. The van der Waals surface area contributed by atoms with Crippen LogP contribution in [0.15, 0.2) is 66.7 Å². The first kappa shape index (κ1) is 14.5. The minimum absolute atomic E-state index is 0.0491. The monoisotopic (exact) mass is 288 g/mol. The van der Waals surface area contributed by atoms with Crippen molar-refractivity contribution in [3.05, 3.63) is 83.4 Å². The molecule has 0 bridgehead atoms. The summed E-state index contributed by atoms with van der Waals surface area (Å²) < 4.78 is 0. The molecule has 0 spiro atoms. The summed E-state index contributed by atoms with van der Waals surface area (Å²) in [6, 6.07) is 17.7. The Bertz CT molecular complexity index is 708. The van der Waals surface area contributed by atoms with E-state index in [4.69, 9.17) is 0 Å². The molecule has 22 heavy (non-hydrogen) atoms. The van der Waals surface area contributed by atoms with E-state index in [2.05, 4.69) is 24.3 Å². The van der Waals surface area contributed by atoms with Crippen molar-refractivity contribution in [2.75, 3.05) is 0 Å². The molecule has 0 radical (unpaired) electrons. The van der Waals surface area contributed by atoms with Crippen molar-refractivity contribution in [3.8, 4) is 0 Å². The highest BCUT2D eigenvalue weighted by atomic mass is 16.1. The summed E-state index contributed by atoms with van der Waals surface area (Å²) in [5.41, 5.74) is 4.53. The van der Waals surface area contributed by atoms with E-state index in [1.807, 2.05) is 42.5 Å². The Kier molecular flexibility index (Phi) is 4.65. The van der Waals surface area contributed by atoms with Gasteiger partial charge in [-0.1, -0.05) is 66.7 Å². The third-order valence-electron chi connectivity index (χ3n) is 4.07. The Labute approximate surface area is 132 Å². The Morgan fingerprint density at radius 1 is 0.909 bits per heavy atom. The number of carbonyl (C=O) groups is 1. The van der Waals surface area contributed by atoms with E-state index in [0.29, 0.717) is 0 Å². The fraction of sp³-hybridized carbons (Fsp3) is 0.190. The lowest BCUT2D eigenvalue weighted by molar-refractivity contribution is 0.104. The van der Waals surface area contributed by atoms with E-state index >= 15 is 0 Å². The maximum atomic E-state index is 12.2. The first-order valence-electron chi connectivity index (χ1n) is 7.90. The van der Waals surface area contributed by atoms with Crippen LogP contribution in [-0.4, -0.2) is 5.78 Å². The van der Waals surface area contributed by atoms with Gasteiger partial charge < -0.3 is 0 Å². The van der Waals surface area contributed by atoms with Crippen molar-refractivity contribution in [1.29, 1.82) is 0 Å². The van der Waals surface area contributed by atoms with Gasteiger partial charge in [-0.25, -0.2) is 0 Å². The van der Waals surface area contributed by atoms with Crippen LogP contribution in [0.5, 0.6) is 0 Å². The summed E-state index contributed by atoms with van der Waals surface area (Å²) in [4.78, 5) is 12.2. The maximum absolute atomic E-state index is 12.2. The van der Waals surface area contributed by atoms with E-state index < -0.39 is 0 Å². The highest BCUT2D eigenvalue weighted by molar-refractivity contribution is 6.07. The molecular weight excluding hydrogens is 268 g/mol. The standard InChI is InChI=1S/C21H20O/c22-21(19-12-5-2-6-13-19)16-15-18-11-7-8-14-20(18)17-9-3-1-4-10-17/h2,5-9,11-16H,1,3-4,10H2. The Morgan fingerprint density at radius 2 is 1.68 bits per heavy atom. The number of ketones is 1. The van der Waals surface area contributed by atoms with Gasteiger partial charge in [0.25, 0.3) is 0 Å². The molecule has 0 aromatic heterocycles. The zero-order valence-corrected chi connectivity index (χ0v) is 12.7. The number of carbonyl (C=O) groups excluding carboxylic acids is 1. The molecule has 0 heterocycles. The molecule has 0 saturated heterocycles. The van der Waals surface area contributed by atoms with Crippen molar-refractivity contribution in [2.24, 2.45) is 0 Å². The van der Waals surface area contributed by atoms with Crippen molar-refractivity contribution in [1.82, 2.24) is 0 Å². The molecule has 1 heteroatoms. The minimum Gasteiger partial charge on any atom is -0.289 e. The molecule has 0 amide bonds. The van der Waals surface area contributed by atoms with Crippen LogP contribution in [0.3, 0.4) is 0 Å². The second-order valence-corrected chi connectivity index (χ2v) is 5.63. The second kappa shape index (κ2) is 7.04. The molecule has 0 unspecified atom stereocenters. The zero-order chi connectivity index (χ0) is 15.2. The summed E-state index contributed by atoms with van der Waals surface area (Å²) in [5.74, 6) is 0.0491. The number of hydrogen-bond donors (Lipinski definition) is 0. The van der Waals surface area contributed by atoms with Crippen LogP contribution in [0.25, 0.3) is 11.6 Å². The maximum Gasteiger partial charge on any atom is 0.185 e. The van der Waals surface area contributed by atoms with Crippen molar-refractivity contribution in [3.63, 3.8) is 0 Å². The molecule has 1 nitrogen and oxygen atoms in total. The molecule has 2 aromatic rings. The third kappa shape index (κ3) is 3.43. The van der Waals surface area contributed by atoms with Crippen LogP contribution >= 0.6 is 0 Å². The summed E-state index contributed by atoms with van der Waals surface area (Å²) in [5, 5.41) is 0. The summed E-state index contributed by atoms with van der Waals surface area (Å²) in [6.07, 6.45) is 10.8. The summed E-state index contributed by atoms with van der Waals surface area (Å²) in [6.45, 7) is 0. The number of rotatable bonds is 4. The van der Waals surface area contributed by atoms with Crippen LogP contribution in [0.2, 0.25) is 0 Å².